The normalized spacial score (nSPS) is 32.8. The first-order valence-corrected chi connectivity index (χ1v) is 11.9. The van der Waals surface area contributed by atoms with Crippen LogP contribution in [-0.4, -0.2) is 50.7 Å². The molecular formula is C21H32FN3O2S. The number of sulfonamides is 1. The summed E-state index contributed by atoms with van der Waals surface area (Å²) in [7, 11) is -3.39. The second kappa shape index (κ2) is 6.67. The van der Waals surface area contributed by atoms with E-state index in [1.807, 2.05) is 6.92 Å². The number of nitrogens with two attached hydrogens (primary N) is 1. The van der Waals surface area contributed by atoms with E-state index in [-0.39, 0.29) is 28.4 Å². The van der Waals surface area contributed by atoms with Crippen molar-refractivity contribution in [1.29, 1.82) is 0 Å². The van der Waals surface area contributed by atoms with Gasteiger partial charge in [0.2, 0.25) is 10.0 Å². The number of benzene rings is 1. The van der Waals surface area contributed by atoms with Gasteiger partial charge in [0.1, 0.15) is 5.82 Å². The zero-order chi connectivity index (χ0) is 20.3. The van der Waals surface area contributed by atoms with Gasteiger partial charge in [-0.05, 0) is 55.2 Å². The van der Waals surface area contributed by atoms with Gasteiger partial charge in [-0.25, -0.2) is 12.8 Å². The van der Waals surface area contributed by atoms with Crippen molar-refractivity contribution in [2.75, 3.05) is 36.8 Å². The number of hydrogen-bond donors (Lipinski definition) is 1. The Balaban J connectivity index is 1.48. The van der Waals surface area contributed by atoms with Crippen LogP contribution in [0.1, 0.15) is 38.7 Å². The van der Waals surface area contributed by atoms with Crippen LogP contribution in [-0.2, 0) is 10.0 Å². The van der Waals surface area contributed by atoms with Crippen LogP contribution in [0.15, 0.2) is 18.2 Å². The van der Waals surface area contributed by atoms with Gasteiger partial charge in [0.05, 0.1) is 5.75 Å². The van der Waals surface area contributed by atoms with Crippen LogP contribution in [0.5, 0.6) is 0 Å². The second-order valence-electron chi connectivity index (χ2n) is 9.53. The van der Waals surface area contributed by atoms with Crippen molar-refractivity contribution in [1.82, 2.24) is 4.31 Å². The Morgan fingerprint density at radius 2 is 1.89 bits per heavy atom. The van der Waals surface area contributed by atoms with E-state index in [1.165, 1.54) is 12.1 Å². The Morgan fingerprint density at radius 1 is 1.21 bits per heavy atom. The Kier molecular flexibility index (Phi) is 4.79. The van der Waals surface area contributed by atoms with Gasteiger partial charge in [-0.2, -0.15) is 4.31 Å². The minimum Gasteiger partial charge on any atom is -0.369 e. The highest BCUT2D eigenvalue weighted by atomic mass is 32.2. The van der Waals surface area contributed by atoms with Crippen LogP contribution in [0.3, 0.4) is 0 Å². The fourth-order valence-electron chi connectivity index (χ4n) is 6.04. The Labute approximate surface area is 168 Å². The molecule has 0 amide bonds. The molecule has 3 atom stereocenters. The van der Waals surface area contributed by atoms with Gasteiger partial charge < -0.3 is 10.6 Å². The average Bonchev–Trinajstić information content (AvgIpc) is 2.98. The highest BCUT2D eigenvalue weighted by Crippen LogP contribution is 2.65. The fourth-order valence-corrected chi connectivity index (χ4v) is 8.33. The molecule has 0 radical (unpaired) electrons. The smallest absolute Gasteiger partial charge is 0.214 e. The molecule has 28 heavy (non-hydrogen) atoms. The molecule has 0 unspecified atom stereocenters. The van der Waals surface area contributed by atoms with Crippen molar-refractivity contribution in [3.8, 4) is 0 Å². The zero-order valence-electron chi connectivity index (χ0n) is 17.1. The molecule has 1 aromatic rings. The van der Waals surface area contributed by atoms with E-state index in [1.54, 1.807) is 10.4 Å². The number of piperazine rings is 1. The molecule has 2 bridgehead atoms. The maximum atomic E-state index is 13.6. The lowest BCUT2D eigenvalue weighted by Crippen LogP contribution is -2.54. The van der Waals surface area contributed by atoms with Crippen molar-refractivity contribution < 1.29 is 12.8 Å². The molecule has 3 fully saturated rings. The van der Waals surface area contributed by atoms with E-state index >= 15 is 0 Å². The molecule has 156 valence electrons. The van der Waals surface area contributed by atoms with Crippen LogP contribution < -0.4 is 10.6 Å². The summed E-state index contributed by atoms with van der Waals surface area (Å²) >= 11 is 0. The van der Waals surface area contributed by atoms with Crippen LogP contribution in [0.2, 0.25) is 0 Å². The minimum absolute atomic E-state index is 0.0278. The quantitative estimate of drug-likeness (QED) is 0.830. The molecule has 1 heterocycles. The summed E-state index contributed by atoms with van der Waals surface area (Å²) in [6.07, 6.45) is 2.94. The van der Waals surface area contributed by atoms with Gasteiger partial charge in [0, 0.05) is 43.3 Å². The third-order valence-corrected chi connectivity index (χ3v) is 10.1. The predicted octanol–water partition coefficient (Wildman–Crippen LogP) is 2.74. The Hall–Kier alpha value is -1.18. The third-order valence-electron chi connectivity index (χ3n) is 8.07. The monoisotopic (exact) mass is 409 g/mol. The summed E-state index contributed by atoms with van der Waals surface area (Å²) in [4.78, 5) is 2.08. The van der Waals surface area contributed by atoms with E-state index in [9.17, 15) is 12.8 Å². The topological polar surface area (TPSA) is 66.6 Å². The number of halogens is 1. The van der Waals surface area contributed by atoms with Gasteiger partial charge in [0.25, 0.3) is 0 Å². The van der Waals surface area contributed by atoms with Gasteiger partial charge in [-0.1, -0.05) is 19.9 Å². The van der Waals surface area contributed by atoms with Crippen molar-refractivity contribution in [2.45, 2.75) is 46.1 Å². The van der Waals surface area contributed by atoms with Crippen LogP contribution in [0, 0.1) is 29.5 Å². The third kappa shape index (κ3) is 2.97. The molecule has 1 aliphatic heterocycles. The molecule has 0 spiro atoms. The molecule has 1 aromatic carbocycles. The summed E-state index contributed by atoms with van der Waals surface area (Å²) in [6.45, 7) is 8.40. The number of anilines is 1. The Morgan fingerprint density at radius 3 is 2.46 bits per heavy atom. The number of nitrogens with zero attached hydrogens (tertiary/aromatic N) is 2. The van der Waals surface area contributed by atoms with E-state index < -0.39 is 10.0 Å². The molecule has 2 saturated carbocycles. The van der Waals surface area contributed by atoms with Gasteiger partial charge in [-0.3, -0.25) is 0 Å². The number of hydrogen-bond acceptors (Lipinski definition) is 4. The zero-order valence-corrected chi connectivity index (χ0v) is 17.9. The molecule has 2 aliphatic carbocycles. The summed E-state index contributed by atoms with van der Waals surface area (Å²) in [5, 5.41) is 0. The van der Waals surface area contributed by atoms with E-state index in [4.69, 9.17) is 5.73 Å². The van der Waals surface area contributed by atoms with E-state index in [2.05, 4.69) is 18.7 Å². The maximum Gasteiger partial charge on any atom is 0.214 e. The SMILES string of the molecule is Cc1ccc(F)cc1N1CCN(S(=O)(=O)C[C@@]23CC[C@@H](C[C@H]2N)C3(C)C)CC1. The van der Waals surface area contributed by atoms with Crippen molar-refractivity contribution >= 4 is 15.7 Å². The Bertz CT molecular complexity index is 864. The lowest BCUT2D eigenvalue weighted by molar-refractivity contribution is 0.137. The molecule has 2 N–H and O–H groups in total. The second-order valence-corrected chi connectivity index (χ2v) is 11.5. The molecule has 0 aromatic heterocycles. The first-order valence-electron chi connectivity index (χ1n) is 10.3. The first kappa shape index (κ1) is 20.1. The molecule has 3 aliphatic rings. The number of aryl methyl sites for hydroxylation is 1. The highest BCUT2D eigenvalue weighted by Gasteiger charge is 2.64. The lowest BCUT2D eigenvalue weighted by atomic mass is 9.69. The van der Waals surface area contributed by atoms with Crippen molar-refractivity contribution in [3.05, 3.63) is 29.6 Å². The molecular weight excluding hydrogens is 377 g/mol. The molecule has 5 nitrogen and oxygen atoms in total. The molecule has 4 rings (SSSR count). The summed E-state index contributed by atoms with van der Waals surface area (Å²) in [5.74, 6) is 0.428. The average molecular weight is 410 g/mol. The van der Waals surface area contributed by atoms with Crippen LogP contribution in [0.25, 0.3) is 0 Å². The summed E-state index contributed by atoms with van der Waals surface area (Å²) in [6, 6.07) is 4.73. The number of fused-ring (bicyclic) bond motifs is 2. The van der Waals surface area contributed by atoms with Gasteiger partial charge >= 0.3 is 0 Å². The van der Waals surface area contributed by atoms with Crippen LogP contribution >= 0.6 is 0 Å². The standard InChI is InChI=1S/C21H32FN3O2S/c1-15-4-5-17(22)13-18(15)24-8-10-25(11-9-24)28(26,27)14-21-7-6-16(12-19(21)23)20(21,2)3/h4-5,13,16,19H,6-12,14,23H2,1-3H3/t16-,19+,21-/m0/s1. The summed E-state index contributed by atoms with van der Waals surface area (Å²) < 4.78 is 41.9. The van der Waals surface area contributed by atoms with Crippen LogP contribution in [0.4, 0.5) is 10.1 Å². The number of rotatable bonds is 4. The minimum atomic E-state index is -3.39. The fraction of sp³-hybridized carbons (Fsp3) is 0.714. The first-order chi connectivity index (χ1) is 13.1. The lowest BCUT2D eigenvalue weighted by Gasteiger charge is -2.43. The largest absolute Gasteiger partial charge is 0.369 e. The van der Waals surface area contributed by atoms with Crippen molar-refractivity contribution in [2.24, 2.45) is 22.5 Å². The highest BCUT2D eigenvalue weighted by molar-refractivity contribution is 7.89. The van der Waals surface area contributed by atoms with Gasteiger partial charge in [-0.15, -0.1) is 0 Å². The van der Waals surface area contributed by atoms with Crippen molar-refractivity contribution in [3.63, 3.8) is 0 Å². The summed E-state index contributed by atoms with van der Waals surface area (Å²) in [5.41, 5.74) is 7.99. The van der Waals surface area contributed by atoms with Gasteiger partial charge in [0.15, 0.2) is 0 Å². The molecule has 1 saturated heterocycles. The van der Waals surface area contributed by atoms with E-state index in [0.29, 0.717) is 32.1 Å². The predicted molar refractivity (Wildman–Crippen MR) is 110 cm³/mol. The maximum absolute atomic E-state index is 13.6. The molecule has 7 heteroatoms. The van der Waals surface area contributed by atoms with E-state index in [0.717, 1.165) is 30.5 Å².